The number of anilines is 1. The smallest absolute Gasteiger partial charge is 0.321 e. The highest BCUT2D eigenvalue weighted by Crippen LogP contribution is 2.41. The maximum atomic E-state index is 13.8. The minimum absolute atomic E-state index is 0.00614. The van der Waals surface area contributed by atoms with Gasteiger partial charge in [0, 0.05) is 68.0 Å². The molecule has 3 amide bonds. The summed E-state index contributed by atoms with van der Waals surface area (Å²) in [6.07, 6.45) is 4.53. The maximum Gasteiger partial charge on any atom is 0.321 e. The fourth-order valence-corrected chi connectivity index (χ4v) is 8.21. The van der Waals surface area contributed by atoms with Crippen molar-refractivity contribution in [1.82, 2.24) is 23.9 Å². The van der Waals surface area contributed by atoms with Crippen LogP contribution in [-0.2, 0) is 20.1 Å². The number of carbonyl (C=O) groups is 2. The molecular formula is C37H39N7O3. The molecule has 9 rings (SSSR count). The molecule has 0 radical (unpaired) electrons. The fourth-order valence-electron chi connectivity index (χ4n) is 8.21. The van der Waals surface area contributed by atoms with Gasteiger partial charge in [-0.3, -0.25) is 4.79 Å². The van der Waals surface area contributed by atoms with Crippen molar-refractivity contribution < 1.29 is 14.3 Å². The molecule has 4 heterocycles. The molecule has 47 heavy (non-hydrogen) atoms. The third-order valence-electron chi connectivity index (χ3n) is 11.0. The summed E-state index contributed by atoms with van der Waals surface area (Å²) in [4.78, 5) is 34.7. The highest BCUT2D eigenvalue weighted by atomic mass is 16.5. The van der Waals surface area contributed by atoms with Gasteiger partial charge in [-0.1, -0.05) is 18.2 Å². The number of nitrogens with two attached hydrogens (primary N) is 1. The van der Waals surface area contributed by atoms with Crippen LogP contribution < -0.4 is 15.8 Å². The topological polar surface area (TPSA) is 111 Å². The second-order valence-corrected chi connectivity index (χ2v) is 14.0. The van der Waals surface area contributed by atoms with E-state index in [1.807, 2.05) is 37.2 Å². The zero-order valence-corrected chi connectivity index (χ0v) is 27.0. The molecule has 3 N–H and O–H groups in total. The Balaban J connectivity index is 1.13. The molecule has 2 aliphatic heterocycles. The van der Waals surface area contributed by atoms with Crippen molar-refractivity contribution >= 4 is 39.6 Å². The molecule has 0 spiro atoms. The second-order valence-electron chi connectivity index (χ2n) is 14.0. The Hall–Kier alpha value is -4.83. The van der Waals surface area contributed by atoms with Crippen molar-refractivity contribution in [3.8, 4) is 28.4 Å². The van der Waals surface area contributed by atoms with Crippen molar-refractivity contribution in [3.63, 3.8) is 0 Å². The highest BCUT2D eigenvalue weighted by molar-refractivity contribution is 6.01. The third kappa shape index (κ3) is 4.45. The number of nitrogens with zero attached hydrogens (tertiary/aromatic N) is 5. The summed E-state index contributed by atoms with van der Waals surface area (Å²) in [5.74, 6) is 2.53. The van der Waals surface area contributed by atoms with Crippen LogP contribution in [0.15, 0.2) is 54.6 Å². The number of nitrogens with one attached hydrogen (secondary N) is 1. The SMILES string of the molecule is COc1cc(C(=O)N2CC3CCC2C3N)cc2nc(-c3cc4ccc(-c5ccc6c(c5)CN(C)C(=O)N6)cc4n3CC3CC3)n(C)c12. The van der Waals surface area contributed by atoms with E-state index >= 15 is 0 Å². The number of benzene rings is 3. The molecule has 10 nitrogen and oxygen atoms in total. The maximum absolute atomic E-state index is 13.8. The van der Waals surface area contributed by atoms with E-state index in [1.54, 1.807) is 12.0 Å². The largest absolute Gasteiger partial charge is 0.494 e. The van der Waals surface area contributed by atoms with Crippen molar-refractivity contribution in [2.24, 2.45) is 24.6 Å². The van der Waals surface area contributed by atoms with Gasteiger partial charge in [-0.25, -0.2) is 9.78 Å². The van der Waals surface area contributed by atoms with Crippen LogP contribution in [0.5, 0.6) is 5.75 Å². The van der Waals surface area contributed by atoms with Crippen LogP contribution in [0.3, 0.4) is 0 Å². The number of likely N-dealkylation sites (tertiary alicyclic amines) is 1. The number of aryl methyl sites for hydroxylation is 1. The second kappa shape index (κ2) is 10.3. The van der Waals surface area contributed by atoms with Crippen molar-refractivity contribution in [2.45, 2.75) is 50.9 Å². The number of methoxy groups -OCH3 is 1. The Morgan fingerprint density at radius 2 is 1.83 bits per heavy atom. The van der Waals surface area contributed by atoms with E-state index in [0.29, 0.717) is 29.7 Å². The van der Waals surface area contributed by atoms with Gasteiger partial charge >= 0.3 is 6.03 Å². The van der Waals surface area contributed by atoms with Gasteiger partial charge in [0.25, 0.3) is 5.91 Å². The average molecular weight is 630 g/mol. The number of ether oxygens (including phenoxy) is 1. The number of carbonyl (C=O) groups excluding carboxylic acids is 2. The Kier molecular flexibility index (Phi) is 6.25. The number of piperidine rings is 1. The van der Waals surface area contributed by atoms with E-state index < -0.39 is 0 Å². The first kappa shape index (κ1) is 28.4. The normalized spacial score (nSPS) is 22.0. The number of urea groups is 1. The van der Waals surface area contributed by atoms with E-state index in [4.69, 9.17) is 15.5 Å². The lowest BCUT2D eigenvalue weighted by atomic mass is 10.00. The van der Waals surface area contributed by atoms with E-state index in [0.717, 1.165) is 76.2 Å². The quantitative estimate of drug-likeness (QED) is 0.246. The summed E-state index contributed by atoms with van der Waals surface area (Å²) in [6, 6.07) is 19.0. The van der Waals surface area contributed by atoms with Gasteiger partial charge in [-0.2, -0.15) is 0 Å². The van der Waals surface area contributed by atoms with Gasteiger partial charge < -0.3 is 34.7 Å². The van der Waals surface area contributed by atoms with Gasteiger partial charge in [0.05, 0.1) is 18.3 Å². The van der Waals surface area contributed by atoms with Crippen LogP contribution >= 0.6 is 0 Å². The number of fused-ring (bicyclic) bond motifs is 5. The standard InChI is InChI=1S/C37H39N7O3/c1-41-18-26-12-21(8-10-27(26)40-37(41)46)22-6-7-23-15-31(43(30(23)14-22)17-20-4-5-20)35-39-28-13-25(16-32(47-3)34(28)42(35)2)36(45)44-19-24-9-11-29(44)33(24)38/h6-8,10,12-16,20,24,29,33H,4-5,9,11,17-19,38H2,1-3H3,(H,40,46). The van der Waals surface area contributed by atoms with Crippen LogP contribution in [0, 0.1) is 11.8 Å². The van der Waals surface area contributed by atoms with Crippen LogP contribution in [0.2, 0.25) is 0 Å². The molecule has 5 aromatic rings. The van der Waals surface area contributed by atoms with Gasteiger partial charge in [0.2, 0.25) is 0 Å². The molecule has 2 aromatic heterocycles. The lowest BCUT2D eigenvalue weighted by molar-refractivity contribution is 0.0700. The molecule has 240 valence electrons. The Bertz CT molecular complexity index is 2130. The first-order chi connectivity index (χ1) is 22.8. The van der Waals surface area contributed by atoms with Crippen LogP contribution in [0.4, 0.5) is 10.5 Å². The molecule has 10 heteroatoms. The predicted octanol–water partition coefficient (Wildman–Crippen LogP) is 5.82. The number of rotatable bonds is 6. The summed E-state index contributed by atoms with van der Waals surface area (Å²) >= 11 is 0. The minimum Gasteiger partial charge on any atom is -0.494 e. The van der Waals surface area contributed by atoms with E-state index in [9.17, 15) is 9.59 Å². The first-order valence-corrected chi connectivity index (χ1v) is 16.7. The number of hydrogen-bond acceptors (Lipinski definition) is 5. The van der Waals surface area contributed by atoms with Crippen molar-refractivity contribution in [1.29, 1.82) is 0 Å². The zero-order chi connectivity index (χ0) is 32.1. The minimum atomic E-state index is -0.0809. The van der Waals surface area contributed by atoms with E-state index in [-0.39, 0.29) is 24.0 Å². The molecule has 3 aromatic carbocycles. The molecule has 3 fully saturated rings. The monoisotopic (exact) mass is 629 g/mol. The highest BCUT2D eigenvalue weighted by Gasteiger charge is 2.47. The summed E-state index contributed by atoms with van der Waals surface area (Å²) in [6.45, 7) is 2.22. The van der Waals surface area contributed by atoms with E-state index in [1.165, 1.54) is 18.4 Å². The number of amides is 3. The molecule has 3 unspecified atom stereocenters. The summed E-state index contributed by atoms with van der Waals surface area (Å²) in [5, 5.41) is 4.13. The molecule has 2 saturated carbocycles. The Morgan fingerprint density at radius 3 is 2.57 bits per heavy atom. The van der Waals surface area contributed by atoms with Crippen molar-refractivity contribution in [3.05, 3.63) is 65.7 Å². The van der Waals surface area contributed by atoms with E-state index in [2.05, 4.69) is 50.8 Å². The third-order valence-corrected chi connectivity index (χ3v) is 11.0. The Labute approximate surface area is 273 Å². The first-order valence-electron chi connectivity index (χ1n) is 16.7. The zero-order valence-electron chi connectivity index (χ0n) is 27.0. The number of imidazole rings is 1. The van der Waals surface area contributed by atoms with Crippen LogP contribution in [-0.4, -0.2) is 68.6 Å². The van der Waals surface area contributed by atoms with Crippen molar-refractivity contribution in [2.75, 3.05) is 26.0 Å². The van der Waals surface area contributed by atoms with Gasteiger partial charge in [0.15, 0.2) is 5.82 Å². The molecular weight excluding hydrogens is 590 g/mol. The van der Waals surface area contributed by atoms with Gasteiger partial charge in [-0.05, 0) is 90.6 Å². The Morgan fingerprint density at radius 1 is 1.02 bits per heavy atom. The van der Waals surface area contributed by atoms with Crippen LogP contribution in [0.1, 0.15) is 41.6 Å². The van der Waals surface area contributed by atoms with Gasteiger partial charge in [-0.15, -0.1) is 0 Å². The van der Waals surface area contributed by atoms with Gasteiger partial charge in [0.1, 0.15) is 11.3 Å². The predicted molar refractivity (Wildman–Crippen MR) is 182 cm³/mol. The average Bonchev–Trinajstić information content (AvgIpc) is 3.48. The fraction of sp³-hybridized carbons (Fsp3) is 0.378. The summed E-state index contributed by atoms with van der Waals surface area (Å²) < 4.78 is 10.4. The summed E-state index contributed by atoms with van der Waals surface area (Å²) in [5.41, 5.74) is 15.1. The lowest BCUT2D eigenvalue weighted by Crippen LogP contribution is -2.41. The summed E-state index contributed by atoms with van der Waals surface area (Å²) in [7, 11) is 5.49. The number of hydrogen-bond donors (Lipinski definition) is 2. The lowest BCUT2D eigenvalue weighted by Gasteiger charge is -2.27. The van der Waals surface area contributed by atoms with Crippen LogP contribution in [0.25, 0.3) is 44.6 Å². The molecule has 2 aliphatic carbocycles. The molecule has 2 bridgehead atoms. The molecule has 3 atom stereocenters. The number of aromatic nitrogens is 3. The molecule has 1 saturated heterocycles. The molecule has 4 aliphatic rings.